The number of urea groups is 1. The van der Waals surface area contributed by atoms with Gasteiger partial charge in [0, 0.05) is 25.0 Å². The zero-order chi connectivity index (χ0) is 17.2. The summed E-state index contributed by atoms with van der Waals surface area (Å²) in [6, 6.07) is 3.71. The van der Waals surface area contributed by atoms with Crippen molar-refractivity contribution in [1.29, 1.82) is 0 Å². The van der Waals surface area contributed by atoms with Crippen LogP contribution in [0.4, 0.5) is 10.5 Å². The normalized spacial score (nSPS) is 18.5. The first-order chi connectivity index (χ1) is 10.7. The highest BCUT2D eigenvalue weighted by atomic mass is 35.5. The zero-order valence-electron chi connectivity index (χ0n) is 12.5. The van der Waals surface area contributed by atoms with E-state index in [2.05, 4.69) is 5.32 Å². The Morgan fingerprint density at radius 3 is 2.70 bits per heavy atom. The van der Waals surface area contributed by atoms with E-state index in [0.717, 1.165) is 6.26 Å². The highest BCUT2D eigenvalue weighted by molar-refractivity contribution is 7.90. The van der Waals surface area contributed by atoms with Gasteiger partial charge in [-0.3, -0.25) is 4.79 Å². The standard InChI is InChI=1S/C14H17ClN2O5S/c1-23(21,22)12-7-10(4-5-11(12)15)16-14(20)17-6-2-3-9(8-17)13(18)19/h4-5,7,9H,2-3,6,8H2,1H3,(H,16,20)(H,18,19). The third-order valence-corrected chi connectivity index (χ3v) is 5.22. The minimum absolute atomic E-state index is 0.0703. The molecule has 1 aliphatic rings. The molecule has 23 heavy (non-hydrogen) atoms. The van der Waals surface area contributed by atoms with Gasteiger partial charge in [-0.25, -0.2) is 13.2 Å². The van der Waals surface area contributed by atoms with Crippen molar-refractivity contribution in [3.8, 4) is 0 Å². The molecule has 2 amide bonds. The maximum Gasteiger partial charge on any atom is 0.321 e. The second kappa shape index (κ2) is 6.76. The van der Waals surface area contributed by atoms with Crippen LogP contribution in [0.15, 0.2) is 23.1 Å². The quantitative estimate of drug-likeness (QED) is 0.858. The number of hydrogen-bond acceptors (Lipinski definition) is 4. The number of sulfone groups is 1. The van der Waals surface area contributed by atoms with Crippen molar-refractivity contribution in [2.75, 3.05) is 24.7 Å². The van der Waals surface area contributed by atoms with Crippen molar-refractivity contribution >= 4 is 39.1 Å². The molecule has 1 aromatic rings. The molecule has 1 heterocycles. The summed E-state index contributed by atoms with van der Waals surface area (Å²) in [5.41, 5.74) is 0.289. The van der Waals surface area contributed by atoms with Crippen LogP contribution in [0.2, 0.25) is 5.02 Å². The molecule has 0 saturated carbocycles. The van der Waals surface area contributed by atoms with Crippen molar-refractivity contribution in [3.05, 3.63) is 23.2 Å². The van der Waals surface area contributed by atoms with Gasteiger partial charge in [-0.15, -0.1) is 0 Å². The number of rotatable bonds is 3. The number of carbonyl (C=O) groups is 2. The molecule has 1 atom stereocenters. The number of likely N-dealkylation sites (tertiary alicyclic amines) is 1. The van der Waals surface area contributed by atoms with E-state index in [0.29, 0.717) is 19.4 Å². The van der Waals surface area contributed by atoms with Crippen LogP contribution in [0.5, 0.6) is 0 Å². The van der Waals surface area contributed by atoms with Gasteiger partial charge in [0.1, 0.15) is 0 Å². The predicted octanol–water partition coefficient (Wildman–Crippen LogP) is 2.07. The number of hydrogen-bond donors (Lipinski definition) is 2. The molecular formula is C14H17ClN2O5S. The lowest BCUT2D eigenvalue weighted by Crippen LogP contribution is -2.44. The summed E-state index contributed by atoms with van der Waals surface area (Å²) in [5.74, 6) is -1.50. The molecule has 0 aromatic heterocycles. The third kappa shape index (κ3) is 4.35. The molecule has 0 aliphatic carbocycles. The summed E-state index contributed by atoms with van der Waals surface area (Å²) in [7, 11) is -3.51. The first-order valence-corrected chi connectivity index (χ1v) is 9.24. The Kier molecular flexibility index (Phi) is 5.16. The fourth-order valence-corrected chi connectivity index (χ4v) is 3.73. The first-order valence-electron chi connectivity index (χ1n) is 6.97. The molecule has 1 aliphatic heterocycles. The third-order valence-electron chi connectivity index (χ3n) is 3.64. The molecule has 1 saturated heterocycles. The Balaban J connectivity index is 2.13. The van der Waals surface area contributed by atoms with Gasteiger partial charge in [0.05, 0.1) is 15.8 Å². The number of benzene rings is 1. The monoisotopic (exact) mass is 360 g/mol. The number of halogens is 1. The molecule has 1 aromatic carbocycles. The predicted molar refractivity (Wildman–Crippen MR) is 85.5 cm³/mol. The van der Waals surface area contributed by atoms with E-state index in [9.17, 15) is 18.0 Å². The average Bonchev–Trinajstić information content (AvgIpc) is 2.48. The number of aliphatic carboxylic acids is 1. The number of carbonyl (C=O) groups excluding carboxylic acids is 1. The Morgan fingerprint density at radius 2 is 2.09 bits per heavy atom. The average molecular weight is 361 g/mol. The molecule has 9 heteroatoms. The van der Waals surface area contributed by atoms with Crippen LogP contribution in [-0.4, -0.2) is 49.8 Å². The molecule has 0 radical (unpaired) electrons. The molecular weight excluding hydrogens is 344 g/mol. The molecule has 0 spiro atoms. The number of carboxylic acid groups (broad SMARTS) is 1. The fourth-order valence-electron chi connectivity index (χ4n) is 2.43. The van der Waals surface area contributed by atoms with Crippen molar-refractivity contribution in [2.24, 2.45) is 5.92 Å². The van der Waals surface area contributed by atoms with Crippen molar-refractivity contribution in [2.45, 2.75) is 17.7 Å². The molecule has 7 nitrogen and oxygen atoms in total. The Morgan fingerprint density at radius 1 is 1.39 bits per heavy atom. The molecule has 126 valence electrons. The first kappa shape index (κ1) is 17.6. The van der Waals surface area contributed by atoms with Crippen molar-refractivity contribution in [1.82, 2.24) is 4.90 Å². The number of anilines is 1. The number of nitrogens with one attached hydrogen (secondary N) is 1. The van der Waals surface area contributed by atoms with Crippen LogP contribution >= 0.6 is 11.6 Å². The highest BCUT2D eigenvalue weighted by Gasteiger charge is 2.28. The minimum Gasteiger partial charge on any atom is -0.481 e. The van der Waals surface area contributed by atoms with Gasteiger partial charge < -0.3 is 15.3 Å². The number of carboxylic acids is 1. The summed E-state index contributed by atoms with van der Waals surface area (Å²) < 4.78 is 23.3. The van der Waals surface area contributed by atoms with E-state index in [4.69, 9.17) is 16.7 Å². The molecule has 2 rings (SSSR count). The lowest BCUT2D eigenvalue weighted by Gasteiger charge is -2.30. The van der Waals surface area contributed by atoms with Crippen LogP contribution in [0.3, 0.4) is 0 Å². The van der Waals surface area contributed by atoms with E-state index in [-0.39, 0.29) is 22.2 Å². The Labute approximate surface area is 139 Å². The lowest BCUT2D eigenvalue weighted by atomic mass is 9.99. The number of amides is 2. The lowest BCUT2D eigenvalue weighted by molar-refractivity contribution is -0.143. The number of nitrogens with zero attached hydrogens (tertiary/aromatic N) is 1. The van der Waals surface area contributed by atoms with E-state index in [1.807, 2.05) is 0 Å². The van der Waals surface area contributed by atoms with Crippen molar-refractivity contribution in [3.63, 3.8) is 0 Å². The Bertz CT molecular complexity index is 735. The largest absolute Gasteiger partial charge is 0.481 e. The molecule has 0 bridgehead atoms. The van der Waals surface area contributed by atoms with Crippen LogP contribution in [-0.2, 0) is 14.6 Å². The van der Waals surface area contributed by atoms with Gasteiger partial charge in [-0.1, -0.05) is 11.6 Å². The topological polar surface area (TPSA) is 104 Å². The van der Waals surface area contributed by atoms with Crippen LogP contribution in [0.1, 0.15) is 12.8 Å². The van der Waals surface area contributed by atoms with Gasteiger partial charge in [0.15, 0.2) is 9.84 Å². The molecule has 1 unspecified atom stereocenters. The van der Waals surface area contributed by atoms with Gasteiger partial charge in [-0.2, -0.15) is 0 Å². The summed E-state index contributed by atoms with van der Waals surface area (Å²) in [6.07, 6.45) is 2.18. The summed E-state index contributed by atoms with van der Waals surface area (Å²) >= 11 is 5.85. The van der Waals surface area contributed by atoms with Crippen LogP contribution < -0.4 is 5.32 Å². The van der Waals surface area contributed by atoms with E-state index < -0.39 is 27.8 Å². The van der Waals surface area contributed by atoms with E-state index in [1.54, 1.807) is 0 Å². The van der Waals surface area contributed by atoms with Crippen LogP contribution in [0.25, 0.3) is 0 Å². The maximum absolute atomic E-state index is 12.2. The van der Waals surface area contributed by atoms with Crippen molar-refractivity contribution < 1.29 is 23.1 Å². The molecule has 2 N–H and O–H groups in total. The summed E-state index contributed by atoms with van der Waals surface area (Å²) in [6.45, 7) is 0.593. The molecule has 1 fully saturated rings. The smallest absolute Gasteiger partial charge is 0.321 e. The second-order valence-corrected chi connectivity index (χ2v) is 7.86. The SMILES string of the molecule is CS(=O)(=O)c1cc(NC(=O)N2CCCC(C(=O)O)C2)ccc1Cl. The second-order valence-electron chi connectivity index (χ2n) is 5.47. The van der Waals surface area contributed by atoms with E-state index >= 15 is 0 Å². The van der Waals surface area contributed by atoms with Gasteiger partial charge >= 0.3 is 12.0 Å². The van der Waals surface area contributed by atoms with Gasteiger partial charge in [-0.05, 0) is 31.0 Å². The van der Waals surface area contributed by atoms with Crippen LogP contribution in [0, 0.1) is 5.92 Å². The number of piperidine rings is 1. The maximum atomic E-state index is 12.2. The Hall–Kier alpha value is -1.80. The minimum atomic E-state index is -3.51. The summed E-state index contributed by atoms with van der Waals surface area (Å²) in [4.78, 5) is 24.6. The van der Waals surface area contributed by atoms with Gasteiger partial charge in [0.2, 0.25) is 0 Å². The fraction of sp³-hybridized carbons (Fsp3) is 0.429. The summed E-state index contributed by atoms with van der Waals surface area (Å²) in [5, 5.41) is 11.7. The van der Waals surface area contributed by atoms with E-state index in [1.165, 1.54) is 23.1 Å². The highest BCUT2D eigenvalue weighted by Crippen LogP contribution is 2.25. The van der Waals surface area contributed by atoms with Gasteiger partial charge in [0.25, 0.3) is 0 Å². The zero-order valence-corrected chi connectivity index (χ0v) is 14.0.